The summed E-state index contributed by atoms with van der Waals surface area (Å²) in [6, 6.07) is 7.46. The first kappa shape index (κ1) is 21.9. The van der Waals surface area contributed by atoms with E-state index in [-0.39, 0.29) is 30.8 Å². The molecule has 0 radical (unpaired) electrons. The Labute approximate surface area is 168 Å². The topological polar surface area (TPSA) is 78.5 Å². The van der Waals surface area contributed by atoms with Gasteiger partial charge in [-0.3, -0.25) is 14.4 Å². The second-order valence-electron chi connectivity index (χ2n) is 7.70. The number of nitrogens with one attached hydrogen (secondary N) is 2. The lowest BCUT2D eigenvalue weighted by Gasteiger charge is -2.22. The summed E-state index contributed by atoms with van der Waals surface area (Å²) in [6.45, 7) is 4.43. The summed E-state index contributed by atoms with van der Waals surface area (Å²) in [5.74, 6) is 0.105. The van der Waals surface area contributed by atoms with Gasteiger partial charge < -0.3 is 15.5 Å². The third-order valence-electron chi connectivity index (χ3n) is 5.20. The van der Waals surface area contributed by atoms with Crippen LogP contribution in [-0.2, 0) is 14.4 Å². The van der Waals surface area contributed by atoms with E-state index in [1.54, 1.807) is 4.90 Å². The van der Waals surface area contributed by atoms with Crippen LogP contribution in [0.3, 0.4) is 0 Å². The number of carbonyl (C=O) groups is 3. The summed E-state index contributed by atoms with van der Waals surface area (Å²) >= 11 is 0. The van der Waals surface area contributed by atoms with Crippen LogP contribution in [0.2, 0.25) is 0 Å². The standard InChI is InChI=1S/C22H33N3O3/c1-3-14-25(22(28)13-10-18-6-4-5-7-18)16-21(27)23-15-20(26)24-19-11-8-17(2)9-12-19/h8-9,11-12,18H,3-7,10,13-16H2,1-2H3,(H,23,27)(H,24,26). The van der Waals surface area contributed by atoms with E-state index in [0.717, 1.165) is 18.4 Å². The molecule has 2 rings (SSSR count). The lowest BCUT2D eigenvalue weighted by atomic mass is 10.0. The predicted octanol–water partition coefficient (Wildman–Crippen LogP) is 3.26. The third kappa shape index (κ3) is 7.71. The molecule has 6 heteroatoms. The molecule has 0 atom stereocenters. The molecule has 0 aromatic heterocycles. The fourth-order valence-electron chi connectivity index (χ4n) is 3.60. The van der Waals surface area contributed by atoms with E-state index in [4.69, 9.17) is 0 Å². The zero-order valence-corrected chi connectivity index (χ0v) is 17.1. The Hall–Kier alpha value is -2.37. The molecule has 0 heterocycles. The van der Waals surface area contributed by atoms with Crippen molar-refractivity contribution in [1.29, 1.82) is 0 Å². The molecule has 0 bridgehead atoms. The van der Waals surface area contributed by atoms with Crippen molar-refractivity contribution in [1.82, 2.24) is 10.2 Å². The molecule has 154 valence electrons. The summed E-state index contributed by atoms with van der Waals surface area (Å²) in [6.07, 6.45) is 7.20. The SMILES string of the molecule is CCCN(CC(=O)NCC(=O)Nc1ccc(C)cc1)C(=O)CCC1CCCC1. The van der Waals surface area contributed by atoms with E-state index in [1.165, 1.54) is 25.7 Å². The zero-order chi connectivity index (χ0) is 20.4. The number of aryl methyl sites for hydroxylation is 1. The third-order valence-corrected chi connectivity index (χ3v) is 5.20. The number of anilines is 1. The highest BCUT2D eigenvalue weighted by molar-refractivity contribution is 5.95. The molecule has 1 fully saturated rings. The fourth-order valence-corrected chi connectivity index (χ4v) is 3.60. The first-order valence-corrected chi connectivity index (χ1v) is 10.4. The molecule has 1 aromatic rings. The van der Waals surface area contributed by atoms with Gasteiger partial charge in [-0.25, -0.2) is 0 Å². The normalized spacial score (nSPS) is 13.9. The number of hydrogen-bond acceptors (Lipinski definition) is 3. The molecular weight excluding hydrogens is 354 g/mol. The Morgan fingerprint density at radius 3 is 2.39 bits per heavy atom. The molecule has 0 spiro atoms. The second kappa shape index (κ2) is 11.5. The number of rotatable bonds is 10. The summed E-state index contributed by atoms with van der Waals surface area (Å²) in [5.41, 5.74) is 1.81. The van der Waals surface area contributed by atoms with Crippen LogP contribution in [0.15, 0.2) is 24.3 Å². The van der Waals surface area contributed by atoms with Crippen molar-refractivity contribution in [3.63, 3.8) is 0 Å². The highest BCUT2D eigenvalue weighted by Crippen LogP contribution is 2.28. The van der Waals surface area contributed by atoms with Crippen LogP contribution in [0.25, 0.3) is 0 Å². The number of amides is 3. The highest BCUT2D eigenvalue weighted by Gasteiger charge is 2.20. The number of nitrogens with zero attached hydrogens (tertiary/aromatic N) is 1. The lowest BCUT2D eigenvalue weighted by molar-refractivity contribution is -0.136. The summed E-state index contributed by atoms with van der Waals surface area (Å²) in [4.78, 5) is 38.3. The van der Waals surface area contributed by atoms with E-state index >= 15 is 0 Å². The van der Waals surface area contributed by atoms with Gasteiger partial charge in [0, 0.05) is 18.7 Å². The van der Waals surface area contributed by atoms with Crippen molar-refractivity contribution >= 4 is 23.4 Å². The van der Waals surface area contributed by atoms with Crippen LogP contribution >= 0.6 is 0 Å². The number of hydrogen-bond donors (Lipinski definition) is 2. The number of benzene rings is 1. The van der Waals surface area contributed by atoms with Gasteiger partial charge in [0.05, 0.1) is 13.1 Å². The quantitative estimate of drug-likeness (QED) is 0.647. The number of carbonyl (C=O) groups excluding carboxylic acids is 3. The molecule has 2 N–H and O–H groups in total. The van der Waals surface area contributed by atoms with Gasteiger partial charge in [-0.05, 0) is 37.8 Å². The van der Waals surface area contributed by atoms with Gasteiger partial charge in [0.1, 0.15) is 0 Å². The lowest BCUT2D eigenvalue weighted by Crippen LogP contribution is -2.43. The van der Waals surface area contributed by atoms with Crippen LogP contribution in [0.4, 0.5) is 5.69 Å². The van der Waals surface area contributed by atoms with Gasteiger partial charge in [0.25, 0.3) is 0 Å². The minimum absolute atomic E-state index is 0.00908. The van der Waals surface area contributed by atoms with Gasteiger partial charge >= 0.3 is 0 Å². The minimum Gasteiger partial charge on any atom is -0.345 e. The molecule has 6 nitrogen and oxygen atoms in total. The van der Waals surface area contributed by atoms with Gasteiger partial charge in [0.15, 0.2) is 0 Å². The fraction of sp³-hybridized carbons (Fsp3) is 0.591. The summed E-state index contributed by atoms with van der Waals surface area (Å²) < 4.78 is 0. The Morgan fingerprint density at radius 2 is 1.75 bits per heavy atom. The maximum atomic E-state index is 12.5. The molecule has 0 unspecified atom stereocenters. The highest BCUT2D eigenvalue weighted by atomic mass is 16.2. The van der Waals surface area contributed by atoms with Crippen LogP contribution in [0.1, 0.15) is 57.4 Å². The van der Waals surface area contributed by atoms with Crippen molar-refractivity contribution in [3.05, 3.63) is 29.8 Å². The van der Waals surface area contributed by atoms with Crippen molar-refractivity contribution in [2.24, 2.45) is 5.92 Å². The molecule has 28 heavy (non-hydrogen) atoms. The smallest absolute Gasteiger partial charge is 0.243 e. The van der Waals surface area contributed by atoms with E-state index in [9.17, 15) is 14.4 Å². The molecular formula is C22H33N3O3. The molecule has 1 saturated carbocycles. The van der Waals surface area contributed by atoms with Crippen LogP contribution in [0.5, 0.6) is 0 Å². The maximum Gasteiger partial charge on any atom is 0.243 e. The van der Waals surface area contributed by atoms with Gasteiger partial charge in [-0.1, -0.05) is 50.3 Å². The molecule has 0 saturated heterocycles. The average molecular weight is 388 g/mol. The van der Waals surface area contributed by atoms with E-state index < -0.39 is 0 Å². The van der Waals surface area contributed by atoms with Crippen molar-refractivity contribution < 1.29 is 14.4 Å². The first-order valence-electron chi connectivity index (χ1n) is 10.4. The molecule has 0 aliphatic heterocycles. The van der Waals surface area contributed by atoms with Gasteiger partial charge in [-0.15, -0.1) is 0 Å². The molecule has 1 aliphatic carbocycles. The summed E-state index contributed by atoms with van der Waals surface area (Å²) in [7, 11) is 0. The molecule has 1 aliphatic rings. The van der Waals surface area contributed by atoms with Crippen molar-refractivity contribution in [3.8, 4) is 0 Å². The largest absolute Gasteiger partial charge is 0.345 e. The van der Waals surface area contributed by atoms with Gasteiger partial charge in [-0.2, -0.15) is 0 Å². The van der Waals surface area contributed by atoms with Crippen LogP contribution < -0.4 is 10.6 Å². The average Bonchev–Trinajstić information content (AvgIpc) is 3.19. The minimum atomic E-state index is -0.304. The monoisotopic (exact) mass is 387 g/mol. The summed E-state index contributed by atoms with van der Waals surface area (Å²) in [5, 5.41) is 5.35. The second-order valence-corrected chi connectivity index (χ2v) is 7.70. The maximum absolute atomic E-state index is 12.5. The first-order chi connectivity index (χ1) is 13.5. The van der Waals surface area contributed by atoms with E-state index in [1.807, 2.05) is 38.1 Å². The van der Waals surface area contributed by atoms with E-state index in [0.29, 0.717) is 24.6 Å². The Kier molecular flexibility index (Phi) is 8.98. The van der Waals surface area contributed by atoms with Crippen molar-refractivity contribution in [2.75, 3.05) is 25.0 Å². The predicted molar refractivity (Wildman–Crippen MR) is 111 cm³/mol. The Bertz CT molecular complexity index is 651. The van der Waals surface area contributed by atoms with Crippen molar-refractivity contribution in [2.45, 2.75) is 58.8 Å². The van der Waals surface area contributed by atoms with E-state index in [2.05, 4.69) is 10.6 Å². The van der Waals surface area contributed by atoms with Crippen LogP contribution in [-0.4, -0.2) is 42.3 Å². The molecule has 1 aromatic carbocycles. The Balaban J connectivity index is 1.73. The zero-order valence-electron chi connectivity index (χ0n) is 17.1. The van der Waals surface area contributed by atoms with Crippen LogP contribution in [0, 0.1) is 12.8 Å². The Morgan fingerprint density at radius 1 is 1.07 bits per heavy atom. The molecule has 3 amide bonds. The van der Waals surface area contributed by atoms with Gasteiger partial charge in [0.2, 0.25) is 17.7 Å².